The Kier molecular flexibility index (Phi) is 9.84. The van der Waals surface area contributed by atoms with Crippen LogP contribution in [0.3, 0.4) is 0 Å². The van der Waals surface area contributed by atoms with Crippen molar-refractivity contribution < 1.29 is 29.3 Å². The van der Waals surface area contributed by atoms with Gasteiger partial charge in [-0.2, -0.15) is 0 Å². The molecule has 0 bridgehead atoms. The summed E-state index contributed by atoms with van der Waals surface area (Å²) in [6.45, 7) is 14.8. The predicted octanol–water partition coefficient (Wildman–Crippen LogP) is 4.41. The molecule has 0 atom stereocenters. The molecule has 0 radical (unpaired) electrons. The second kappa shape index (κ2) is 11.1. The Morgan fingerprint density at radius 2 is 0.938 bits per heavy atom. The first kappa shape index (κ1) is 28.5. The Hall–Kier alpha value is -1.54. The van der Waals surface area contributed by atoms with Gasteiger partial charge in [0.1, 0.15) is 11.2 Å². The van der Waals surface area contributed by atoms with Crippen molar-refractivity contribution in [2.24, 2.45) is 0 Å². The van der Waals surface area contributed by atoms with Gasteiger partial charge in [-0.1, -0.05) is 0 Å². The first-order valence-corrected chi connectivity index (χ1v) is 11.8. The molecule has 0 unspecified atom stereocenters. The normalized spacial score (nSPS) is 30.9. The van der Waals surface area contributed by atoms with Gasteiger partial charge in [-0.3, -0.25) is 0 Å². The Balaban J connectivity index is 0.000000320. The highest BCUT2D eigenvalue weighted by Crippen LogP contribution is 2.28. The first-order chi connectivity index (χ1) is 14.4. The summed E-state index contributed by atoms with van der Waals surface area (Å²) in [7, 11) is 0. The molecule has 0 aliphatic heterocycles. The maximum absolute atomic E-state index is 11.5. The standard InChI is InChI=1S/2C12H23NO3/c2*1-11(2,3)16-10(14)13-9-5-7-12(4,15)8-6-9/h2*9,15H,5-8H2,1-4H3,(H,13,14). The predicted molar refractivity (Wildman–Crippen MR) is 124 cm³/mol. The maximum atomic E-state index is 11.5. The van der Waals surface area contributed by atoms with Crippen LogP contribution in [0.1, 0.15) is 107 Å². The van der Waals surface area contributed by atoms with Crippen LogP contribution in [0.4, 0.5) is 9.59 Å². The van der Waals surface area contributed by atoms with Gasteiger partial charge in [-0.25, -0.2) is 9.59 Å². The van der Waals surface area contributed by atoms with Crippen LogP contribution in [-0.2, 0) is 9.47 Å². The molecule has 2 rings (SSSR count). The van der Waals surface area contributed by atoms with E-state index < -0.39 is 22.4 Å². The van der Waals surface area contributed by atoms with E-state index in [1.807, 2.05) is 55.4 Å². The Morgan fingerprint density at radius 1 is 0.688 bits per heavy atom. The molecule has 8 nitrogen and oxygen atoms in total. The monoisotopic (exact) mass is 458 g/mol. The summed E-state index contributed by atoms with van der Waals surface area (Å²) in [5.41, 5.74) is -2.04. The summed E-state index contributed by atoms with van der Waals surface area (Å²) in [5.74, 6) is 0. The Labute approximate surface area is 193 Å². The van der Waals surface area contributed by atoms with E-state index in [0.29, 0.717) is 0 Å². The zero-order chi connectivity index (χ0) is 24.8. The van der Waals surface area contributed by atoms with E-state index in [4.69, 9.17) is 9.47 Å². The molecule has 4 N–H and O–H groups in total. The average molecular weight is 459 g/mol. The highest BCUT2D eigenvalue weighted by Gasteiger charge is 2.31. The van der Waals surface area contributed by atoms with Gasteiger partial charge in [-0.05, 0) is 107 Å². The molecular weight excluding hydrogens is 412 g/mol. The average Bonchev–Trinajstić information content (AvgIpc) is 2.56. The number of hydrogen-bond donors (Lipinski definition) is 4. The summed E-state index contributed by atoms with van der Waals surface area (Å²) in [4.78, 5) is 23.0. The Bertz CT molecular complexity index is 545. The van der Waals surface area contributed by atoms with E-state index in [9.17, 15) is 19.8 Å². The lowest BCUT2D eigenvalue weighted by Gasteiger charge is -2.33. The van der Waals surface area contributed by atoms with Crippen molar-refractivity contribution in [2.75, 3.05) is 0 Å². The number of rotatable bonds is 2. The Morgan fingerprint density at radius 3 is 1.16 bits per heavy atom. The van der Waals surface area contributed by atoms with E-state index in [-0.39, 0.29) is 24.3 Å². The van der Waals surface area contributed by atoms with Crippen LogP contribution in [0.15, 0.2) is 0 Å². The summed E-state index contributed by atoms with van der Waals surface area (Å²) in [6, 6.07) is 0.269. The molecule has 2 amide bonds. The van der Waals surface area contributed by atoms with Crippen molar-refractivity contribution >= 4 is 12.2 Å². The molecule has 0 aromatic heterocycles. The second-order valence-corrected chi connectivity index (χ2v) is 11.8. The van der Waals surface area contributed by atoms with E-state index in [0.717, 1.165) is 51.4 Å². The lowest BCUT2D eigenvalue weighted by molar-refractivity contribution is 0.00935. The summed E-state index contributed by atoms with van der Waals surface area (Å²) < 4.78 is 10.4. The SMILES string of the molecule is CC1(O)CCC(NC(=O)OC(C)(C)C)CC1.CC1(O)CCC(NC(=O)OC(C)(C)C)CC1. The van der Waals surface area contributed by atoms with Gasteiger partial charge in [0.25, 0.3) is 0 Å². The molecule has 8 heteroatoms. The molecule has 2 saturated carbocycles. The number of aliphatic hydroxyl groups is 2. The van der Waals surface area contributed by atoms with Crippen molar-refractivity contribution in [2.45, 2.75) is 141 Å². The third kappa shape index (κ3) is 13.1. The van der Waals surface area contributed by atoms with Crippen molar-refractivity contribution in [3.8, 4) is 0 Å². The summed E-state index contributed by atoms with van der Waals surface area (Å²) in [6.07, 6.45) is 5.44. The van der Waals surface area contributed by atoms with Crippen LogP contribution in [0.25, 0.3) is 0 Å². The molecule has 2 aliphatic rings. The molecule has 0 heterocycles. The molecule has 2 aliphatic carbocycles. The molecule has 0 saturated heterocycles. The lowest BCUT2D eigenvalue weighted by atomic mass is 9.84. The molecule has 0 spiro atoms. The quantitative estimate of drug-likeness (QED) is 0.487. The van der Waals surface area contributed by atoms with E-state index in [1.54, 1.807) is 0 Å². The van der Waals surface area contributed by atoms with Gasteiger partial charge in [0.2, 0.25) is 0 Å². The maximum Gasteiger partial charge on any atom is 0.407 e. The molecule has 0 aromatic rings. The summed E-state index contributed by atoms with van der Waals surface area (Å²) in [5, 5.41) is 25.2. The zero-order valence-electron chi connectivity index (χ0n) is 21.3. The van der Waals surface area contributed by atoms with Crippen molar-refractivity contribution in [3.63, 3.8) is 0 Å². The third-order valence-corrected chi connectivity index (χ3v) is 5.57. The minimum Gasteiger partial charge on any atom is -0.444 e. The van der Waals surface area contributed by atoms with Crippen LogP contribution < -0.4 is 10.6 Å². The fourth-order valence-electron chi connectivity index (χ4n) is 3.72. The smallest absolute Gasteiger partial charge is 0.407 e. The van der Waals surface area contributed by atoms with Crippen LogP contribution in [0.5, 0.6) is 0 Å². The van der Waals surface area contributed by atoms with E-state index in [1.165, 1.54) is 0 Å². The fraction of sp³-hybridized carbons (Fsp3) is 0.917. The van der Waals surface area contributed by atoms with Gasteiger partial charge in [0.15, 0.2) is 0 Å². The highest BCUT2D eigenvalue weighted by atomic mass is 16.6. The number of hydrogen-bond acceptors (Lipinski definition) is 6. The highest BCUT2D eigenvalue weighted by molar-refractivity contribution is 5.68. The number of carbonyl (C=O) groups is 2. The fourth-order valence-corrected chi connectivity index (χ4v) is 3.72. The molecule has 32 heavy (non-hydrogen) atoms. The van der Waals surface area contributed by atoms with Gasteiger partial charge in [0.05, 0.1) is 11.2 Å². The third-order valence-electron chi connectivity index (χ3n) is 5.57. The van der Waals surface area contributed by atoms with Gasteiger partial charge < -0.3 is 30.3 Å². The first-order valence-electron chi connectivity index (χ1n) is 11.8. The molecule has 0 aromatic carbocycles. The lowest BCUT2D eigenvalue weighted by Crippen LogP contribution is -2.44. The summed E-state index contributed by atoms with van der Waals surface area (Å²) >= 11 is 0. The number of alkyl carbamates (subject to hydrolysis) is 2. The number of ether oxygens (including phenoxy) is 2. The van der Waals surface area contributed by atoms with Crippen LogP contribution >= 0.6 is 0 Å². The van der Waals surface area contributed by atoms with Gasteiger partial charge >= 0.3 is 12.2 Å². The van der Waals surface area contributed by atoms with Gasteiger partial charge in [0, 0.05) is 12.1 Å². The van der Waals surface area contributed by atoms with E-state index >= 15 is 0 Å². The van der Waals surface area contributed by atoms with E-state index in [2.05, 4.69) is 10.6 Å². The minimum absolute atomic E-state index is 0.134. The van der Waals surface area contributed by atoms with Crippen LogP contribution in [-0.4, -0.2) is 56.9 Å². The van der Waals surface area contributed by atoms with Crippen LogP contribution in [0, 0.1) is 0 Å². The number of amides is 2. The van der Waals surface area contributed by atoms with Gasteiger partial charge in [-0.15, -0.1) is 0 Å². The molecule has 2 fully saturated rings. The van der Waals surface area contributed by atoms with Crippen LogP contribution in [0.2, 0.25) is 0 Å². The second-order valence-electron chi connectivity index (χ2n) is 11.8. The topological polar surface area (TPSA) is 117 Å². The van der Waals surface area contributed by atoms with Crippen molar-refractivity contribution in [3.05, 3.63) is 0 Å². The minimum atomic E-state index is -0.563. The zero-order valence-corrected chi connectivity index (χ0v) is 21.3. The largest absolute Gasteiger partial charge is 0.444 e. The molecule has 188 valence electrons. The van der Waals surface area contributed by atoms with Crippen molar-refractivity contribution in [1.29, 1.82) is 0 Å². The number of nitrogens with one attached hydrogen (secondary N) is 2. The van der Waals surface area contributed by atoms with Crippen molar-refractivity contribution in [1.82, 2.24) is 10.6 Å². The molecular formula is C24H46N2O6. The number of carbonyl (C=O) groups excluding carboxylic acids is 2.